The molecule has 0 saturated carbocycles. The predicted octanol–water partition coefficient (Wildman–Crippen LogP) is 2.86. The molecule has 0 atom stereocenters. The lowest BCUT2D eigenvalue weighted by Crippen LogP contribution is -2.25. The van der Waals surface area contributed by atoms with Crippen LogP contribution in [-0.4, -0.2) is 24.0 Å². The molecule has 1 heterocycles. The number of amides is 1. The lowest BCUT2D eigenvalue weighted by atomic mass is 10.2. The molecule has 0 fully saturated rings. The molecule has 1 aromatic carbocycles. The molecule has 0 radical (unpaired) electrons. The molecule has 0 saturated heterocycles. The van der Waals surface area contributed by atoms with E-state index in [0.29, 0.717) is 12.1 Å². The van der Waals surface area contributed by atoms with Gasteiger partial charge in [-0.25, -0.2) is 4.98 Å². The molecule has 1 aromatic heterocycles. The maximum Gasteiger partial charge on any atom is 0.251 e. The van der Waals surface area contributed by atoms with Gasteiger partial charge in [0.15, 0.2) is 0 Å². The third-order valence-corrected chi connectivity index (χ3v) is 3.68. The van der Waals surface area contributed by atoms with Crippen molar-refractivity contribution in [1.29, 1.82) is 0 Å². The lowest BCUT2D eigenvalue weighted by Gasteiger charge is -2.06. The molecule has 2 N–H and O–H groups in total. The van der Waals surface area contributed by atoms with Crippen LogP contribution in [0, 0.1) is 6.92 Å². The number of nitrogens with one attached hydrogen (secondary N) is 2. The first-order valence-electron chi connectivity index (χ1n) is 6.72. The van der Waals surface area contributed by atoms with Gasteiger partial charge >= 0.3 is 0 Å². The SMILES string of the molecule is CCNc1ccc(C(=O)NCCc2csc(C)n2)cc1. The van der Waals surface area contributed by atoms with Crippen LogP contribution in [0.4, 0.5) is 5.69 Å². The van der Waals surface area contributed by atoms with Crippen molar-refractivity contribution in [3.05, 3.63) is 45.9 Å². The van der Waals surface area contributed by atoms with Gasteiger partial charge in [0.2, 0.25) is 0 Å². The first-order chi connectivity index (χ1) is 9.69. The zero-order chi connectivity index (χ0) is 14.4. The molecule has 0 spiro atoms. The lowest BCUT2D eigenvalue weighted by molar-refractivity contribution is 0.0954. The monoisotopic (exact) mass is 289 g/mol. The molecule has 4 nitrogen and oxygen atoms in total. The van der Waals surface area contributed by atoms with E-state index in [9.17, 15) is 4.79 Å². The highest BCUT2D eigenvalue weighted by Crippen LogP contribution is 2.10. The van der Waals surface area contributed by atoms with Crippen LogP contribution in [0.15, 0.2) is 29.6 Å². The number of aryl methyl sites for hydroxylation is 1. The fourth-order valence-corrected chi connectivity index (χ4v) is 2.52. The van der Waals surface area contributed by atoms with Gasteiger partial charge in [-0.15, -0.1) is 11.3 Å². The molecule has 2 aromatic rings. The summed E-state index contributed by atoms with van der Waals surface area (Å²) in [4.78, 5) is 16.3. The van der Waals surface area contributed by atoms with E-state index >= 15 is 0 Å². The zero-order valence-electron chi connectivity index (χ0n) is 11.8. The summed E-state index contributed by atoms with van der Waals surface area (Å²) >= 11 is 1.64. The number of benzene rings is 1. The summed E-state index contributed by atoms with van der Waals surface area (Å²) < 4.78 is 0. The molecule has 1 amide bonds. The molecule has 5 heteroatoms. The summed E-state index contributed by atoms with van der Waals surface area (Å²) in [5.74, 6) is -0.0417. The fraction of sp³-hybridized carbons (Fsp3) is 0.333. The minimum absolute atomic E-state index is 0.0417. The molecular formula is C15H19N3OS. The molecule has 2 rings (SSSR count). The van der Waals surface area contributed by atoms with Crippen LogP contribution < -0.4 is 10.6 Å². The van der Waals surface area contributed by atoms with Crippen LogP contribution >= 0.6 is 11.3 Å². The van der Waals surface area contributed by atoms with Gasteiger partial charge in [0, 0.05) is 36.1 Å². The summed E-state index contributed by atoms with van der Waals surface area (Å²) in [6.45, 7) is 5.51. The van der Waals surface area contributed by atoms with Gasteiger partial charge in [-0.2, -0.15) is 0 Å². The summed E-state index contributed by atoms with van der Waals surface area (Å²) in [5.41, 5.74) is 2.75. The van der Waals surface area contributed by atoms with E-state index in [1.807, 2.05) is 43.5 Å². The van der Waals surface area contributed by atoms with Gasteiger partial charge in [-0.1, -0.05) is 0 Å². The third kappa shape index (κ3) is 4.06. The Kier molecular flexibility index (Phi) is 5.12. The maximum absolute atomic E-state index is 12.0. The van der Waals surface area contributed by atoms with E-state index < -0.39 is 0 Å². The first kappa shape index (κ1) is 14.5. The highest BCUT2D eigenvalue weighted by Gasteiger charge is 2.05. The smallest absolute Gasteiger partial charge is 0.251 e. The second-order valence-electron chi connectivity index (χ2n) is 4.47. The minimum Gasteiger partial charge on any atom is -0.385 e. The topological polar surface area (TPSA) is 54.0 Å². The Labute approximate surface area is 123 Å². The fourth-order valence-electron chi connectivity index (χ4n) is 1.87. The number of carbonyl (C=O) groups excluding carboxylic acids is 1. The van der Waals surface area contributed by atoms with Crippen molar-refractivity contribution in [2.24, 2.45) is 0 Å². The van der Waals surface area contributed by atoms with Crippen LogP contribution in [0.1, 0.15) is 28.0 Å². The van der Waals surface area contributed by atoms with Gasteiger partial charge < -0.3 is 10.6 Å². The van der Waals surface area contributed by atoms with E-state index in [4.69, 9.17) is 0 Å². The molecule has 106 valence electrons. The van der Waals surface area contributed by atoms with Gasteiger partial charge in [-0.05, 0) is 38.1 Å². The second kappa shape index (κ2) is 7.05. The number of hydrogen-bond acceptors (Lipinski definition) is 4. The molecule has 0 unspecified atom stereocenters. The van der Waals surface area contributed by atoms with E-state index in [0.717, 1.165) is 29.4 Å². The second-order valence-corrected chi connectivity index (χ2v) is 5.53. The Morgan fingerprint density at radius 2 is 2.05 bits per heavy atom. The Morgan fingerprint density at radius 3 is 2.65 bits per heavy atom. The van der Waals surface area contributed by atoms with Crippen molar-refractivity contribution < 1.29 is 4.79 Å². The Hall–Kier alpha value is -1.88. The predicted molar refractivity (Wildman–Crippen MR) is 83.5 cm³/mol. The number of nitrogens with zero attached hydrogens (tertiary/aromatic N) is 1. The maximum atomic E-state index is 12.0. The summed E-state index contributed by atoms with van der Waals surface area (Å²) in [6.07, 6.45) is 0.769. The summed E-state index contributed by atoms with van der Waals surface area (Å²) in [5, 5.41) is 9.21. The molecule has 0 aliphatic heterocycles. The van der Waals surface area contributed by atoms with Gasteiger partial charge in [0.05, 0.1) is 10.7 Å². The average Bonchev–Trinajstić information content (AvgIpc) is 2.85. The van der Waals surface area contributed by atoms with Crippen molar-refractivity contribution in [2.45, 2.75) is 20.3 Å². The number of carbonyl (C=O) groups is 1. The minimum atomic E-state index is -0.0417. The molecule has 0 bridgehead atoms. The first-order valence-corrected chi connectivity index (χ1v) is 7.60. The third-order valence-electron chi connectivity index (χ3n) is 2.86. The highest BCUT2D eigenvalue weighted by molar-refractivity contribution is 7.09. The number of thiazole rings is 1. The summed E-state index contributed by atoms with van der Waals surface area (Å²) in [6, 6.07) is 7.51. The molecule has 0 aliphatic carbocycles. The van der Waals surface area contributed by atoms with Crippen LogP contribution in [0.2, 0.25) is 0 Å². The van der Waals surface area contributed by atoms with E-state index in [1.54, 1.807) is 11.3 Å². The van der Waals surface area contributed by atoms with Crippen molar-refractivity contribution in [3.8, 4) is 0 Å². The standard InChI is InChI=1S/C15H19N3OS/c1-3-16-13-6-4-12(5-7-13)15(19)17-9-8-14-10-20-11(2)18-14/h4-7,10,16H,3,8-9H2,1-2H3,(H,17,19). The van der Waals surface area contributed by atoms with Crippen molar-refractivity contribution >= 4 is 22.9 Å². The Morgan fingerprint density at radius 1 is 1.30 bits per heavy atom. The average molecular weight is 289 g/mol. The molecular weight excluding hydrogens is 270 g/mol. The van der Waals surface area contributed by atoms with Gasteiger partial charge in [0.1, 0.15) is 0 Å². The number of aromatic nitrogens is 1. The number of hydrogen-bond donors (Lipinski definition) is 2. The Bertz CT molecular complexity index is 563. The quantitative estimate of drug-likeness (QED) is 0.860. The van der Waals surface area contributed by atoms with Crippen LogP contribution in [-0.2, 0) is 6.42 Å². The van der Waals surface area contributed by atoms with Crippen LogP contribution in [0.25, 0.3) is 0 Å². The van der Waals surface area contributed by atoms with Gasteiger partial charge in [-0.3, -0.25) is 4.79 Å². The van der Waals surface area contributed by atoms with Crippen molar-refractivity contribution in [3.63, 3.8) is 0 Å². The molecule has 20 heavy (non-hydrogen) atoms. The van der Waals surface area contributed by atoms with E-state index in [-0.39, 0.29) is 5.91 Å². The summed E-state index contributed by atoms with van der Waals surface area (Å²) in [7, 11) is 0. The van der Waals surface area contributed by atoms with Gasteiger partial charge in [0.25, 0.3) is 5.91 Å². The van der Waals surface area contributed by atoms with E-state index in [2.05, 4.69) is 15.6 Å². The molecule has 0 aliphatic rings. The number of anilines is 1. The van der Waals surface area contributed by atoms with Crippen molar-refractivity contribution in [1.82, 2.24) is 10.3 Å². The van der Waals surface area contributed by atoms with Crippen molar-refractivity contribution in [2.75, 3.05) is 18.4 Å². The number of rotatable bonds is 6. The Balaban J connectivity index is 1.82. The van der Waals surface area contributed by atoms with Crippen LogP contribution in [0.3, 0.4) is 0 Å². The zero-order valence-corrected chi connectivity index (χ0v) is 12.6. The van der Waals surface area contributed by atoms with Crippen LogP contribution in [0.5, 0.6) is 0 Å². The highest BCUT2D eigenvalue weighted by atomic mass is 32.1. The normalized spacial score (nSPS) is 10.3. The largest absolute Gasteiger partial charge is 0.385 e. The van der Waals surface area contributed by atoms with E-state index in [1.165, 1.54) is 0 Å².